The van der Waals surface area contributed by atoms with E-state index in [2.05, 4.69) is 10.5 Å². The number of rotatable bonds is 10. The van der Waals surface area contributed by atoms with Crippen LogP contribution in [0.25, 0.3) is 0 Å². The van der Waals surface area contributed by atoms with Crippen molar-refractivity contribution in [1.82, 2.24) is 5.43 Å². The van der Waals surface area contributed by atoms with Crippen LogP contribution < -0.4 is 14.5 Å². The van der Waals surface area contributed by atoms with Crippen molar-refractivity contribution in [3.63, 3.8) is 0 Å². The molecule has 0 aliphatic rings. The Kier molecular flexibility index (Phi) is 8.38. The molecule has 0 unspecified atom stereocenters. The summed E-state index contributed by atoms with van der Waals surface area (Å²) >= 11 is 0. The van der Waals surface area contributed by atoms with E-state index >= 15 is 0 Å². The van der Waals surface area contributed by atoms with Crippen molar-refractivity contribution in [2.24, 2.45) is 5.10 Å². The number of sulfonamides is 1. The number of nitrogens with zero attached hydrogens (tertiary/aromatic N) is 3. The topological polar surface area (TPSA) is 131 Å². The third kappa shape index (κ3) is 7.37. The lowest BCUT2D eigenvalue weighted by Gasteiger charge is -2.23. The molecule has 10 nitrogen and oxygen atoms in total. The summed E-state index contributed by atoms with van der Waals surface area (Å²) in [5.41, 5.74) is 6.02. The third-order valence-corrected chi connectivity index (χ3v) is 6.27. The number of nitro groups is 1. The van der Waals surface area contributed by atoms with Gasteiger partial charge in [0.1, 0.15) is 18.9 Å². The Bertz CT molecular complexity index is 1370. The second-order valence-corrected chi connectivity index (χ2v) is 10.0. The van der Waals surface area contributed by atoms with Gasteiger partial charge in [-0.3, -0.25) is 19.2 Å². The van der Waals surface area contributed by atoms with Crippen LogP contribution in [-0.4, -0.2) is 38.3 Å². The molecule has 0 atom stereocenters. The number of benzene rings is 3. The molecule has 1 N–H and O–H groups in total. The van der Waals surface area contributed by atoms with Crippen molar-refractivity contribution in [1.29, 1.82) is 0 Å². The molecule has 0 spiro atoms. The number of hydrogen-bond acceptors (Lipinski definition) is 7. The van der Waals surface area contributed by atoms with Crippen LogP contribution in [0, 0.1) is 24.0 Å². The standard InChI is InChI=1S/C25H26N4O6S/c1-18-4-13-24(19(2)14-18)28(36(3,33)34)16-25(30)27-26-15-20-7-11-23(12-8-20)35-17-21-5-9-22(10-6-21)29(31)32/h4-15H,16-17H2,1-3H3,(H,27,30). The third-order valence-electron chi connectivity index (χ3n) is 5.14. The summed E-state index contributed by atoms with van der Waals surface area (Å²) in [6, 6.07) is 18.3. The van der Waals surface area contributed by atoms with Gasteiger partial charge in [-0.1, -0.05) is 17.7 Å². The first-order valence-electron chi connectivity index (χ1n) is 10.9. The molecule has 3 aromatic rings. The molecule has 3 rings (SSSR count). The van der Waals surface area contributed by atoms with Crippen molar-refractivity contribution < 1.29 is 22.9 Å². The van der Waals surface area contributed by atoms with Gasteiger partial charge in [-0.15, -0.1) is 0 Å². The fraction of sp³-hybridized carbons (Fsp3) is 0.200. The largest absolute Gasteiger partial charge is 0.489 e. The van der Waals surface area contributed by atoms with Gasteiger partial charge in [0, 0.05) is 12.1 Å². The molecule has 0 aliphatic heterocycles. The fourth-order valence-corrected chi connectivity index (χ4v) is 4.26. The molecule has 36 heavy (non-hydrogen) atoms. The zero-order valence-corrected chi connectivity index (χ0v) is 20.9. The number of non-ortho nitro benzene ring substituents is 1. The van der Waals surface area contributed by atoms with E-state index in [-0.39, 0.29) is 12.3 Å². The molecular formula is C25H26N4O6S. The minimum atomic E-state index is -3.69. The van der Waals surface area contributed by atoms with Crippen molar-refractivity contribution in [2.75, 3.05) is 17.1 Å². The molecule has 0 fully saturated rings. The normalized spacial score (nSPS) is 11.3. The highest BCUT2D eigenvalue weighted by molar-refractivity contribution is 7.92. The summed E-state index contributed by atoms with van der Waals surface area (Å²) < 4.78 is 31.3. The lowest BCUT2D eigenvalue weighted by Crippen LogP contribution is -2.39. The van der Waals surface area contributed by atoms with E-state index < -0.39 is 27.4 Å². The molecule has 11 heteroatoms. The predicted octanol–water partition coefficient (Wildman–Crippen LogP) is 3.71. The van der Waals surface area contributed by atoms with Crippen molar-refractivity contribution in [2.45, 2.75) is 20.5 Å². The van der Waals surface area contributed by atoms with E-state index in [1.807, 2.05) is 13.0 Å². The Balaban J connectivity index is 1.55. The van der Waals surface area contributed by atoms with Gasteiger partial charge in [-0.05, 0) is 73.0 Å². The van der Waals surface area contributed by atoms with Gasteiger partial charge < -0.3 is 4.74 Å². The average Bonchev–Trinajstić information content (AvgIpc) is 2.82. The summed E-state index contributed by atoms with van der Waals surface area (Å²) in [4.78, 5) is 22.6. The number of hydrogen-bond donors (Lipinski definition) is 1. The average molecular weight is 511 g/mol. The molecule has 0 bridgehead atoms. The highest BCUT2D eigenvalue weighted by Gasteiger charge is 2.22. The lowest BCUT2D eigenvalue weighted by atomic mass is 10.1. The first-order chi connectivity index (χ1) is 17.0. The summed E-state index contributed by atoms with van der Waals surface area (Å²) in [6.07, 6.45) is 2.48. The number of anilines is 1. The molecule has 0 aliphatic carbocycles. The van der Waals surface area contributed by atoms with E-state index in [0.717, 1.165) is 27.3 Å². The van der Waals surface area contributed by atoms with Crippen LogP contribution in [0.5, 0.6) is 5.75 Å². The number of nitro benzene ring substituents is 1. The molecule has 3 aromatic carbocycles. The van der Waals surface area contributed by atoms with Crippen molar-refractivity contribution in [3.8, 4) is 5.75 Å². The van der Waals surface area contributed by atoms with Crippen LogP contribution in [0.3, 0.4) is 0 Å². The second-order valence-electron chi connectivity index (χ2n) is 8.13. The predicted molar refractivity (Wildman–Crippen MR) is 138 cm³/mol. The smallest absolute Gasteiger partial charge is 0.269 e. The number of amides is 1. The monoisotopic (exact) mass is 510 g/mol. The lowest BCUT2D eigenvalue weighted by molar-refractivity contribution is -0.384. The minimum Gasteiger partial charge on any atom is -0.489 e. The maximum Gasteiger partial charge on any atom is 0.269 e. The maximum atomic E-state index is 12.4. The maximum absolute atomic E-state index is 12.4. The van der Waals surface area contributed by atoms with Crippen molar-refractivity contribution >= 4 is 33.5 Å². The number of carbonyl (C=O) groups excluding carboxylic acids is 1. The van der Waals surface area contributed by atoms with Gasteiger partial charge in [0.05, 0.1) is 23.1 Å². The molecule has 0 radical (unpaired) electrons. The van der Waals surface area contributed by atoms with Gasteiger partial charge in [0.2, 0.25) is 10.0 Å². The highest BCUT2D eigenvalue weighted by atomic mass is 32.2. The van der Waals surface area contributed by atoms with Crippen molar-refractivity contribution in [3.05, 3.63) is 99.1 Å². The number of hydrazone groups is 1. The van der Waals surface area contributed by atoms with E-state index in [0.29, 0.717) is 17.0 Å². The molecule has 0 aromatic heterocycles. The van der Waals surface area contributed by atoms with Crippen LogP contribution in [0.1, 0.15) is 22.3 Å². The summed E-state index contributed by atoms with van der Waals surface area (Å²) in [5, 5.41) is 14.6. The Labute approximate surface area is 209 Å². The van der Waals surface area contributed by atoms with Crippen LogP contribution in [0.4, 0.5) is 11.4 Å². The highest BCUT2D eigenvalue weighted by Crippen LogP contribution is 2.23. The fourth-order valence-electron chi connectivity index (χ4n) is 3.34. The van der Waals surface area contributed by atoms with Gasteiger partial charge >= 0.3 is 0 Å². The first kappa shape index (κ1) is 26.4. The van der Waals surface area contributed by atoms with E-state index in [9.17, 15) is 23.3 Å². The summed E-state index contributed by atoms with van der Waals surface area (Å²) in [5.74, 6) is 0.00602. The Morgan fingerprint density at radius 2 is 1.75 bits per heavy atom. The Morgan fingerprint density at radius 1 is 1.08 bits per heavy atom. The minimum absolute atomic E-state index is 0.0174. The molecule has 0 saturated carbocycles. The van der Waals surface area contributed by atoms with E-state index in [1.54, 1.807) is 55.5 Å². The Hall–Kier alpha value is -4.25. The second kappa shape index (κ2) is 11.5. The van der Waals surface area contributed by atoms with E-state index in [4.69, 9.17) is 4.74 Å². The quantitative estimate of drug-likeness (QED) is 0.251. The first-order valence-corrected chi connectivity index (χ1v) is 12.7. The summed E-state index contributed by atoms with van der Waals surface area (Å²) in [7, 11) is -3.69. The van der Waals surface area contributed by atoms with Gasteiger partial charge in [0.25, 0.3) is 11.6 Å². The summed E-state index contributed by atoms with van der Waals surface area (Å²) in [6.45, 7) is 3.53. The molecular weight excluding hydrogens is 484 g/mol. The zero-order valence-electron chi connectivity index (χ0n) is 20.0. The van der Waals surface area contributed by atoms with Crippen LogP contribution in [0.15, 0.2) is 71.8 Å². The van der Waals surface area contributed by atoms with Gasteiger partial charge in [0.15, 0.2) is 0 Å². The number of ether oxygens (including phenoxy) is 1. The van der Waals surface area contributed by atoms with Gasteiger partial charge in [-0.25, -0.2) is 13.8 Å². The Morgan fingerprint density at radius 3 is 2.33 bits per heavy atom. The number of aryl methyl sites for hydroxylation is 2. The number of carbonyl (C=O) groups is 1. The van der Waals surface area contributed by atoms with E-state index in [1.165, 1.54) is 18.3 Å². The molecule has 1 amide bonds. The SMILES string of the molecule is Cc1ccc(N(CC(=O)NN=Cc2ccc(OCc3ccc([N+](=O)[O-])cc3)cc2)S(C)(=O)=O)c(C)c1. The molecule has 188 valence electrons. The number of nitrogens with one attached hydrogen (secondary N) is 1. The molecule has 0 saturated heterocycles. The van der Waals surface area contributed by atoms with Crippen LogP contribution >= 0.6 is 0 Å². The van der Waals surface area contributed by atoms with Crippen LogP contribution in [0.2, 0.25) is 0 Å². The van der Waals surface area contributed by atoms with Gasteiger partial charge in [-0.2, -0.15) is 5.10 Å². The van der Waals surface area contributed by atoms with Crippen LogP contribution in [-0.2, 0) is 21.4 Å². The molecule has 0 heterocycles. The zero-order chi connectivity index (χ0) is 26.3.